The van der Waals surface area contributed by atoms with Crippen LogP contribution in [0.4, 0.5) is 11.5 Å². The van der Waals surface area contributed by atoms with Crippen LogP contribution in [0.2, 0.25) is 0 Å². The van der Waals surface area contributed by atoms with Crippen LogP contribution >= 0.6 is 0 Å². The highest BCUT2D eigenvalue weighted by Crippen LogP contribution is 2.29. The van der Waals surface area contributed by atoms with Gasteiger partial charge >= 0.3 is 0 Å². The predicted molar refractivity (Wildman–Crippen MR) is 86.5 cm³/mol. The van der Waals surface area contributed by atoms with Gasteiger partial charge in [-0.2, -0.15) is 0 Å². The number of aromatic amines is 1. The Morgan fingerprint density at radius 3 is 2.83 bits per heavy atom. The lowest BCUT2D eigenvalue weighted by Crippen LogP contribution is -2.21. The van der Waals surface area contributed by atoms with Gasteiger partial charge in [0.1, 0.15) is 17.4 Å². The minimum Gasteiger partial charge on any atom is -0.508 e. The third kappa shape index (κ3) is 3.63. The molecule has 0 radical (unpaired) electrons. The minimum atomic E-state index is -0.134. The highest BCUT2D eigenvalue weighted by atomic mass is 16.3. The zero-order valence-corrected chi connectivity index (χ0v) is 13.0. The van der Waals surface area contributed by atoms with Crippen molar-refractivity contribution in [1.82, 2.24) is 25.6 Å². The zero-order chi connectivity index (χ0) is 16.3. The number of anilines is 2. The second kappa shape index (κ2) is 6.04. The fourth-order valence-electron chi connectivity index (χ4n) is 2.43. The molecule has 0 atom stereocenters. The first-order valence-corrected chi connectivity index (χ1v) is 7.28. The number of hydrogen-bond donors (Lipinski definition) is 3. The molecule has 3 N–H and O–H groups in total. The topological polar surface area (TPSA) is 99.6 Å². The molecule has 3 rings (SSSR count). The number of hydrogen-bond acceptors (Lipinski definition) is 6. The van der Waals surface area contributed by atoms with Crippen molar-refractivity contribution in [3.63, 3.8) is 0 Å². The lowest BCUT2D eigenvalue weighted by atomic mass is 9.81. The summed E-state index contributed by atoms with van der Waals surface area (Å²) in [6, 6.07) is 11.2. The maximum Gasteiger partial charge on any atom is 0.149 e. The summed E-state index contributed by atoms with van der Waals surface area (Å²) >= 11 is 0. The van der Waals surface area contributed by atoms with Gasteiger partial charge < -0.3 is 10.4 Å². The van der Waals surface area contributed by atoms with Crippen molar-refractivity contribution < 1.29 is 5.11 Å². The minimum absolute atomic E-state index is 0.134. The summed E-state index contributed by atoms with van der Waals surface area (Å²) in [5, 5.41) is 26.7. The molecule has 0 amide bonds. The largest absolute Gasteiger partial charge is 0.508 e. The van der Waals surface area contributed by atoms with E-state index in [0.29, 0.717) is 12.2 Å². The van der Waals surface area contributed by atoms with Crippen molar-refractivity contribution in [2.75, 3.05) is 5.32 Å². The Kier molecular flexibility index (Phi) is 3.92. The lowest BCUT2D eigenvalue weighted by molar-refractivity contribution is 0.475. The molecular formula is C16H18N6O. The van der Waals surface area contributed by atoms with Gasteiger partial charge in [0, 0.05) is 24.4 Å². The van der Waals surface area contributed by atoms with Crippen LogP contribution in [-0.4, -0.2) is 30.7 Å². The summed E-state index contributed by atoms with van der Waals surface area (Å²) in [5.74, 6) is 1.53. The molecule has 0 aliphatic carbocycles. The smallest absolute Gasteiger partial charge is 0.149 e. The first-order valence-electron chi connectivity index (χ1n) is 7.28. The summed E-state index contributed by atoms with van der Waals surface area (Å²) in [4.78, 5) is 4.18. The van der Waals surface area contributed by atoms with Gasteiger partial charge in [0.2, 0.25) is 0 Å². The molecule has 0 saturated heterocycles. The first kappa shape index (κ1) is 15.0. The van der Waals surface area contributed by atoms with Gasteiger partial charge in [0.25, 0.3) is 0 Å². The quantitative estimate of drug-likeness (QED) is 0.670. The number of nitrogens with zero attached hydrogens (tertiary/aromatic N) is 4. The van der Waals surface area contributed by atoms with Crippen LogP contribution in [0.3, 0.4) is 0 Å². The number of aromatic hydroxyl groups is 1. The van der Waals surface area contributed by atoms with Crippen molar-refractivity contribution in [1.29, 1.82) is 0 Å². The van der Waals surface area contributed by atoms with Crippen LogP contribution in [0.1, 0.15) is 25.2 Å². The average Bonchev–Trinajstić information content (AvgIpc) is 3.00. The molecule has 2 aromatic heterocycles. The molecule has 0 fully saturated rings. The number of tetrazole rings is 1. The molecule has 0 spiro atoms. The van der Waals surface area contributed by atoms with Crippen molar-refractivity contribution in [3.8, 4) is 5.75 Å². The van der Waals surface area contributed by atoms with Gasteiger partial charge in [0.05, 0.1) is 0 Å². The summed E-state index contributed by atoms with van der Waals surface area (Å²) in [6.45, 7) is 4.28. The van der Waals surface area contributed by atoms with Gasteiger partial charge in [-0.1, -0.05) is 26.0 Å². The molecule has 23 heavy (non-hydrogen) atoms. The standard InChI is InChI=1S/C16H18N6O/c1-16(2,10-15-19-21-22-20-15)11-4-3-5-12(8-11)18-14-9-13(23)6-7-17-14/h3-9H,10H2,1-2H3,(H2,17,18,23)(H,19,20,21,22). The number of benzene rings is 1. The maximum atomic E-state index is 9.52. The van der Waals surface area contributed by atoms with E-state index in [2.05, 4.69) is 56.9 Å². The van der Waals surface area contributed by atoms with E-state index in [1.165, 1.54) is 6.07 Å². The Bertz CT molecular complexity index is 785. The summed E-state index contributed by atoms with van der Waals surface area (Å²) < 4.78 is 0. The third-order valence-corrected chi connectivity index (χ3v) is 3.66. The molecule has 2 heterocycles. The third-order valence-electron chi connectivity index (χ3n) is 3.66. The van der Waals surface area contributed by atoms with Crippen molar-refractivity contribution in [3.05, 3.63) is 54.0 Å². The zero-order valence-electron chi connectivity index (χ0n) is 13.0. The summed E-state index contributed by atoms with van der Waals surface area (Å²) in [7, 11) is 0. The fourth-order valence-corrected chi connectivity index (χ4v) is 2.43. The highest BCUT2D eigenvalue weighted by molar-refractivity contribution is 5.58. The molecule has 118 valence electrons. The highest BCUT2D eigenvalue weighted by Gasteiger charge is 2.23. The Morgan fingerprint density at radius 2 is 2.09 bits per heavy atom. The summed E-state index contributed by atoms with van der Waals surface area (Å²) in [5.41, 5.74) is 1.92. The van der Waals surface area contributed by atoms with E-state index in [1.54, 1.807) is 12.3 Å². The van der Waals surface area contributed by atoms with Crippen molar-refractivity contribution in [2.24, 2.45) is 0 Å². The van der Waals surface area contributed by atoms with E-state index < -0.39 is 0 Å². The van der Waals surface area contributed by atoms with Gasteiger partial charge in [-0.3, -0.25) is 0 Å². The molecule has 3 aromatic rings. The molecule has 0 saturated carbocycles. The van der Waals surface area contributed by atoms with Crippen molar-refractivity contribution in [2.45, 2.75) is 25.7 Å². The second-order valence-corrected chi connectivity index (χ2v) is 6.01. The maximum absolute atomic E-state index is 9.52. The first-order chi connectivity index (χ1) is 11.0. The molecule has 7 nitrogen and oxygen atoms in total. The lowest BCUT2D eigenvalue weighted by Gasteiger charge is -2.24. The normalized spacial score (nSPS) is 11.4. The molecule has 1 aromatic carbocycles. The van der Waals surface area contributed by atoms with Crippen molar-refractivity contribution >= 4 is 11.5 Å². The number of H-pyrrole nitrogens is 1. The molecule has 0 bridgehead atoms. The Hall–Kier alpha value is -2.96. The van der Waals surface area contributed by atoms with E-state index >= 15 is 0 Å². The van der Waals surface area contributed by atoms with Crippen LogP contribution in [0, 0.1) is 0 Å². The fraction of sp³-hybridized carbons (Fsp3) is 0.250. The number of nitrogens with one attached hydrogen (secondary N) is 2. The van der Waals surface area contributed by atoms with E-state index in [4.69, 9.17) is 0 Å². The van der Waals surface area contributed by atoms with E-state index in [-0.39, 0.29) is 11.2 Å². The van der Waals surface area contributed by atoms with Crippen LogP contribution in [-0.2, 0) is 11.8 Å². The SMILES string of the molecule is CC(C)(Cc1nnn[nH]1)c1cccc(Nc2cc(O)ccn2)c1. The predicted octanol–water partition coefficient (Wildman–Crippen LogP) is 2.56. The number of pyridine rings is 1. The van der Waals surface area contributed by atoms with E-state index in [0.717, 1.165) is 17.1 Å². The van der Waals surface area contributed by atoms with Crippen LogP contribution in [0.5, 0.6) is 5.75 Å². The monoisotopic (exact) mass is 310 g/mol. The summed E-state index contributed by atoms with van der Waals surface area (Å²) in [6.07, 6.45) is 2.26. The molecule has 0 unspecified atom stereocenters. The van der Waals surface area contributed by atoms with Gasteiger partial charge in [-0.15, -0.1) is 5.10 Å². The van der Waals surface area contributed by atoms with E-state index in [9.17, 15) is 5.11 Å². The molecular weight excluding hydrogens is 292 g/mol. The second-order valence-electron chi connectivity index (χ2n) is 6.01. The molecule has 0 aliphatic rings. The van der Waals surface area contributed by atoms with Gasteiger partial charge in [-0.25, -0.2) is 10.1 Å². The van der Waals surface area contributed by atoms with Crippen LogP contribution in [0.15, 0.2) is 42.6 Å². The van der Waals surface area contributed by atoms with Gasteiger partial charge in [0.15, 0.2) is 0 Å². The van der Waals surface area contributed by atoms with Crippen LogP contribution < -0.4 is 5.32 Å². The Morgan fingerprint density at radius 1 is 1.22 bits per heavy atom. The number of rotatable bonds is 5. The number of aromatic nitrogens is 5. The molecule has 7 heteroatoms. The van der Waals surface area contributed by atoms with Crippen LogP contribution in [0.25, 0.3) is 0 Å². The molecule has 0 aliphatic heterocycles. The van der Waals surface area contributed by atoms with E-state index in [1.807, 2.05) is 12.1 Å². The average molecular weight is 310 g/mol. The van der Waals surface area contributed by atoms with Gasteiger partial charge in [-0.05, 0) is 39.6 Å². The Balaban J connectivity index is 1.81. The Labute approximate surface area is 133 Å².